The van der Waals surface area contributed by atoms with Crippen LogP contribution in [0, 0.1) is 0 Å². The molecule has 0 radical (unpaired) electrons. The summed E-state index contributed by atoms with van der Waals surface area (Å²) in [5.41, 5.74) is 0.910. The van der Waals surface area contributed by atoms with Crippen molar-refractivity contribution < 1.29 is 19.3 Å². The Morgan fingerprint density at radius 2 is 2.25 bits per heavy atom. The van der Waals surface area contributed by atoms with Gasteiger partial charge >= 0.3 is 0 Å². The highest BCUT2D eigenvalue weighted by molar-refractivity contribution is 5.82. The molecule has 9 heteroatoms. The molecule has 3 rings (SSSR count). The normalized spacial score (nSPS) is 30.0. The fraction of sp³-hybridized carbons (Fsp3) is 0.545. The Morgan fingerprint density at radius 1 is 1.45 bits per heavy atom. The molecule has 1 aliphatic heterocycles. The van der Waals surface area contributed by atoms with Crippen molar-refractivity contribution in [2.75, 3.05) is 19.0 Å². The number of aromatic nitrogens is 4. The number of aliphatic hydroxyl groups excluding tert-OH is 2. The topological polar surface area (TPSA) is 105 Å². The Balaban J connectivity index is 2.03. The average Bonchev–Trinajstić information content (AvgIpc) is 3.01. The van der Waals surface area contributed by atoms with Crippen molar-refractivity contribution in [2.45, 2.75) is 24.6 Å². The summed E-state index contributed by atoms with van der Waals surface area (Å²) < 4.78 is 20.5. The lowest BCUT2D eigenvalue weighted by Gasteiger charge is -2.16. The van der Waals surface area contributed by atoms with E-state index < -0.39 is 31.2 Å². The zero-order chi connectivity index (χ0) is 14.3. The van der Waals surface area contributed by atoms with E-state index in [2.05, 4.69) is 20.3 Å². The minimum Gasteiger partial charge on any atom is -0.394 e. The number of alkyl halides is 1. The summed E-state index contributed by atoms with van der Waals surface area (Å²) >= 11 is 0. The number of aliphatic hydroxyl groups is 2. The second kappa shape index (κ2) is 4.93. The number of nitrogens with zero attached hydrogens (tertiary/aromatic N) is 4. The molecule has 1 aliphatic rings. The van der Waals surface area contributed by atoms with E-state index in [4.69, 9.17) is 9.84 Å². The molecule has 0 saturated carbocycles. The van der Waals surface area contributed by atoms with Crippen LogP contribution in [0.3, 0.4) is 0 Å². The second-order valence-corrected chi connectivity index (χ2v) is 4.48. The van der Waals surface area contributed by atoms with Crippen molar-refractivity contribution in [1.82, 2.24) is 19.5 Å². The summed E-state index contributed by atoms with van der Waals surface area (Å²) in [4.78, 5) is 12.2. The number of nitrogens with one attached hydrogen (secondary N) is 1. The molecule has 1 fully saturated rings. The number of rotatable bonds is 3. The first-order valence-corrected chi connectivity index (χ1v) is 6.11. The number of imidazole rings is 1. The lowest BCUT2D eigenvalue weighted by molar-refractivity contribution is -0.0495. The van der Waals surface area contributed by atoms with Gasteiger partial charge in [-0.1, -0.05) is 0 Å². The molecule has 108 valence electrons. The molecular weight excluding hydrogens is 269 g/mol. The predicted octanol–water partition coefficient (Wildman–Crippen LogP) is -0.543. The largest absolute Gasteiger partial charge is 0.394 e. The molecule has 2 aromatic heterocycles. The van der Waals surface area contributed by atoms with Gasteiger partial charge in [0.25, 0.3) is 0 Å². The van der Waals surface area contributed by atoms with Gasteiger partial charge in [-0.15, -0.1) is 0 Å². The maximum absolute atomic E-state index is 13.8. The highest BCUT2D eigenvalue weighted by Crippen LogP contribution is 2.33. The van der Waals surface area contributed by atoms with E-state index in [9.17, 15) is 9.50 Å². The molecule has 0 spiro atoms. The zero-order valence-corrected chi connectivity index (χ0v) is 10.6. The quantitative estimate of drug-likeness (QED) is 0.694. The van der Waals surface area contributed by atoms with Gasteiger partial charge in [0.15, 0.2) is 23.9 Å². The van der Waals surface area contributed by atoms with E-state index in [1.54, 1.807) is 7.05 Å². The fourth-order valence-electron chi connectivity index (χ4n) is 2.31. The van der Waals surface area contributed by atoms with Crippen LogP contribution < -0.4 is 5.32 Å². The molecule has 2 aromatic rings. The Kier molecular flexibility index (Phi) is 3.24. The van der Waals surface area contributed by atoms with Crippen LogP contribution in [-0.4, -0.2) is 61.8 Å². The number of halogens is 1. The van der Waals surface area contributed by atoms with Gasteiger partial charge in [0.1, 0.15) is 24.1 Å². The van der Waals surface area contributed by atoms with Crippen LogP contribution >= 0.6 is 0 Å². The molecule has 0 aliphatic carbocycles. The summed E-state index contributed by atoms with van der Waals surface area (Å²) in [6.07, 6.45) is -2.35. The number of hydrogen-bond acceptors (Lipinski definition) is 7. The maximum atomic E-state index is 13.8. The lowest BCUT2D eigenvalue weighted by Crippen LogP contribution is -2.29. The van der Waals surface area contributed by atoms with E-state index >= 15 is 0 Å². The first-order valence-electron chi connectivity index (χ1n) is 6.11. The predicted molar refractivity (Wildman–Crippen MR) is 66.8 cm³/mol. The molecule has 1 saturated heterocycles. The van der Waals surface area contributed by atoms with Gasteiger partial charge in [0.2, 0.25) is 0 Å². The van der Waals surface area contributed by atoms with Crippen LogP contribution in [-0.2, 0) is 4.74 Å². The maximum Gasteiger partial charge on any atom is 0.167 e. The summed E-state index contributed by atoms with van der Waals surface area (Å²) in [5, 5.41) is 21.8. The number of fused-ring (bicyclic) bond motifs is 1. The van der Waals surface area contributed by atoms with Crippen molar-refractivity contribution >= 4 is 17.0 Å². The molecule has 0 bridgehead atoms. The Bertz CT molecular complexity index is 621. The van der Waals surface area contributed by atoms with Crippen LogP contribution in [0.5, 0.6) is 0 Å². The molecule has 1 unspecified atom stereocenters. The molecule has 4 atom stereocenters. The van der Waals surface area contributed by atoms with Crippen LogP contribution in [0.1, 0.15) is 6.23 Å². The minimum atomic E-state index is -1.66. The molecule has 0 amide bonds. The number of hydrogen-bond donors (Lipinski definition) is 3. The van der Waals surface area contributed by atoms with Gasteiger partial charge in [0, 0.05) is 7.05 Å². The summed E-state index contributed by atoms with van der Waals surface area (Å²) in [6, 6.07) is 0. The standard InChI is InChI=1S/C11H14FN5O3/c1-13-9-7-10(15-3-14-9)17(4-16-7)11-8(19)6(12)5(2-18)20-11/h3-6,8,11,18-19H,2H2,1H3,(H,13,14,15)/t5-,6?,8+,11-/m1/s1. The molecule has 3 heterocycles. The van der Waals surface area contributed by atoms with E-state index in [0.29, 0.717) is 17.0 Å². The minimum absolute atomic E-state index is 0.416. The van der Waals surface area contributed by atoms with E-state index in [0.717, 1.165) is 0 Å². The fourth-order valence-corrected chi connectivity index (χ4v) is 2.31. The first kappa shape index (κ1) is 13.2. The van der Waals surface area contributed by atoms with E-state index in [1.807, 2.05) is 0 Å². The highest BCUT2D eigenvalue weighted by Gasteiger charge is 2.45. The highest BCUT2D eigenvalue weighted by atomic mass is 19.1. The molecule has 8 nitrogen and oxygen atoms in total. The number of ether oxygens (including phenoxy) is 1. The second-order valence-electron chi connectivity index (χ2n) is 4.48. The average molecular weight is 283 g/mol. The third-order valence-corrected chi connectivity index (χ3v) is 3.34. The SMILES string of the molecule is CNc1ncnc2c1ncn2[C@@H]1O[C@H](CO)C(F)[C@@H]1O. The summed E-state index contributed by atoms with van der Waals surface area (Å²) in [5.74, 6) is 0.525. The smallest absolute Gasteiger partial charge is 0.167 e. The van der Waals surface area contributed by atoms with Gasteiger partial charge in [-0.05, 0) is 0 Å². The Hall–Kier alpha value is -1.84. The molecule has 3 N–H and O–H groups in total. The summed E-state index contributed by atoms with van der Waals surface area (Å²) in [7, 11) is 1.70. The number of anilines is 1. The summed E-state index contributed by atoms with van der Waals surface area (Å²) in [6.45, 7) is -0.502. The van der Waals surface area contributed by atoms with Crippen LogP contribution in [0.25, 0.3) is 11.2 Å². The van der Waals surface area contributed by atoms with Crippen molar-refractivity contribution in [1.29, 1.82) is 0 Å². The van der Waals surface area contributed by atoms with Crippen molar-refractivity contribution in [3.05, 3.63) is 12.7 Å². The van der Waals surface area contributed by atoms with Crippen LogP contribution in [0.2, 0.25) is 0 Å². The van der Waals surface area contributed by atoms with Crippen molar-refractivity contribution in [3.63, 3.8) is 0 Å². The van der Waals surface area contributed by atoms with Gasteiger partial charge in [-0.2, -0.15) is 0 Å². The van der Waals surface area contributed by atoms with Gasteiger partial charge in [-0.3, -0.25) is 4.57 Å². The molecule has 0 aromatic carbocycles. The lowest BCUT2D eigenvalue weighted by atomic mass is 10.1. The van der Waals surface area contributed by atoms with E-state index in [-0.39, 0.29) is 0 Å². The van der Waals surface area contributed by atoms with Crippen molar-refractivity contribution in [2.24, 2.45) is 0 Å². The first-order chi connectivity index (χ1) is 9.67. The Labute approximate surface area is 113 Å². The third-order valence-electron chi connectivity index (χ3n) is 3.34. The molecular formula is C11H14FN5O3. The van der Waals surface area contributed by atoms with E-state index in [1.165, 1.54) is 17.2 Å². The van der Waals surface area contributed by atoms with Gasteiger partial charge < -0.3 is 20.3 Å². The van der Waals surface area contributed by atoms with Crippen molar-refractivity contribution in [3.8, 4) is 0 Å². The molecule has 20 heavy (non-hydrogen) atoms. The van der Waals surface area contributed by atoms with Crippen LogP contribution in [0.4, 0.5) is 10.2 Å². The zero-order valence-electron chi connectivity index (χ0n) is 10.6. The van der Waals surface area contributed by atoms with Gasteiger partial charge in [-0.25, -0.2) is 19.3 Å². The van der Waals surface area contributed by atoms with Crippen LogP contribution in [0.15, 0.2) is 12.7 Å². The third kappa shape index (κ3) is 1.82. The van der Waals surface area contributed by atoms with Gasteiger partial charge in [0.05, 0.1) is 12.9 Å². The Morgan fingerprint density at radius 3 is 2.90 bits per heavy atom. The monoisotopic (exact) mass is 283 g/mol.